The van der Waals surface area contributed by atoms with Crippen LogP contribution < -0.4 is 10.3 Å². The molecule has 1 N–H and O–H groups in total. The minimum atomic E-state index is -0.532. The van der Waals surface area contributed by atoms with Crippen molar-refractivity contribution in [3.05, 3.63) is 80.1 Å². The van der Waals surface area contributed by atoms with E-state index < -0.39 is 10.5 Å². The summed E-state index contributed by atoms with van der Waals surface area (Å²) in [4.78, 5) is 27.8. The van der Waals surface area contributed by atoms with Gasteiger partial charge in [0.15, 0.2) is 11.4 Å². The van der Waals surface area contributed by atoms with Crippen LogP contribution in [-0.4, -0.2) is 26.8 Å². The van der Waals surface area contributed by atoms with Gasteiger partial charge in [0, 0.05) is 17.0 Å². The van der Waals surface area contributed by atoms with Crippen LogP contribution in [-0.2, 0) is 0 Å². The van der Waals surface area contributed by atoms with Crippen LogP contribution in [0.3, 0.4) is 0 Å². The molecule has 0 saturated heterocycles. The fourth-order valence-electron chi connectivity index (χ4n) is 2.87. The Hall–Kier alpha value is -4.12. The molecule has 0 saturated carbocycles. The van der Waals surface area contributed by atoms with E-state index >= 15 is 0 Å². The number of methoxy groups -OCH3 is 1. The van der Waals surface area contributed by atoms with E-state index in [1.807, 2.05) is 35.7 Å². The van der Waals surface area contributed by atoms with Crippen LogP contribution in [0.15, 0.2) is 68.9 Å². The largest absolute Gasteiger partial charge is 0.494 e. The van der Waals surface area contributed by atoms with Gasteiger partial charge in [-0.05, 0) is 13.0 Å². The molecule has 156 valence electrons. The van der Waals surface area contributed by atoms with Crippen molar-refractivity contribution in [1.29, 1.82) is 0 Å². The van der Waals surface area contributed by atoms with Crippen LogP contribution >= 0.6 is 11.3 Å². The molecule has 0 aliphatic heterocycles. The summed E-state index contributed by atoms with van der Waals surface area (Å²) in [6.07, 6.45) is 0. The van der Waals surface area contributed by atoms with E-state index in [1.165, 1.54) is 41.3 Å². The smallest absolute Gasteiger partial charge is 0.301 e. The van der Waals surface area contributed by atoms with Gasteiger partial charge in [-0.1, -0.05) is 30.3 Å². The number of aryl methyl sites for hydroxylation is 1. The zero-order valence-electron chi connectivity index (χ0n) is 16.5. The highest BCUT2D eigenvalue weighted by atomic mass is 32.1. The summed E-state index contributed by atoms with van der Waals surface area (Å²) in [5.41, 5.74) is 2.05. The lowest BCUT2D eigenvalue weighted by Crippen LogP contribution is -2.13. The number of ether oxygens (including phenoxy) is 1. The van der Waals surface area contributed by atoms with Gasteiger partial charge >= 0.3 is 5.56 Å². The molecule has 0 aliphatic rings. The van der Waals surface area contributed by atoms with Gasteiger partial charge in [0.05, 0.1) is 29.5 Å². The molecule has 31 heavy (non-hydrogen) atoms. The number of nitro benzene ring substituents is 1. The minimum absolute atomic E-state index is 0.108. The van der Waals surface area contributed by atoms with Crippen molar-refractivity contribution < 1.29 is 9.66 Å². The molecule has 0 fully saturated rings. The van der Waals surface area contributed by atoms with E-state index in [9.17, 15) is 14.9 Å². The average molecular weight is 436 g/mol. The Labute approximate surface area is 179 Å². The monoisotopic (exact) mass is 436 g/mol. The third-order valence-corrected chi connectivity index (χ3v) is 5.25. The number of hydrogen-bond donors (Lipinski definition) is 1. The molecule has 2 aromatic carbocycles. The number of non-ortho nitro benzene ring substituents is 1. The summed E-state index contributed by atoms with van der Waals surface area (Å²) in [6, 6.07) is 13.6. The molecule has 4 aromatic rings. The van der Waals surface area contributed by atoms with E-state index in [0.717, 1.165) is 11.3 Å². The van der Waals surface area contributed by atoms with E-state index in [-0.39, 0.29) is 22.8 Å². The van der Waals surface area contributed by atoms with Crippen molar-refractivity contribution in [2.45, 2.75) is 6.92 Å². The molecule has 0 spiro atoms. The minimum Gasteiger partial charge on any atom is -0.494 e. The highest BCUT2D eigenvalue weighted by Crippen LogP contribution is 2.32. The van der Waals surface area contributed by atoms with Gasteiger partial charge in [-0.15, -0.1) is 21.6 Å². The Morgan fingerprint density at radius 3 is 2.68 bits per heavy atom. The average Bonchev–Trinajstić information content (AvgIpc) is 3.37. The zero-order chi connectivity index (χ0) is 22.0. The maximum absolute atomic E-state index is 12.9. The number of H-pyrrole nitrogens is 1. The zero-order valence-corrected chi connectivity index (χ0v) is 17.3. The Balaban J connectivity index is 1.66. The summed E-state index contributed by atoms with van der Waals surface area (Å²) in [5.74, 6) is 0.180. The molecular formula is C20H16N6O4S. The molecule has 0 radical (unpaired) electrons. The number of benzene rings is 2. The molecule has 0 bridgehead atoms. The summed E-state index contributed by atoms with van der Waals surface area (Å²) < 4.78 is 6.46. The highest BCUT2D eigenvalue weighted by molar-refractivity contribution is 7.12. The molecule has 4 rings (SSSR count). The number of rotatable bonds is 6. The number of thiazole rings is 1. The molecule has 0 aliphatic carbocycles. The Morgan fingerprint density at radius 1 is 1.19 bits per heavy atom. The molecule has 2 aromatic heterocycles. The van der Waals surface area contributed by atoms with Crippen molar-refractivity contribution in [1.82, 2.24) is 14.8 Å². The van der Waals surface area contributed by atoms with Gasteiger partial charge in [-0.2, -0.15) is 4.68 Å². The lowest BCUT2D eigenvalue weighted by molar-refractivity contribution is -0.384. The topological polar surface area (TPSA) is 128 Å². The van der Waals surface area contributed by atoms with Gasteiger partial charge in [-0.3, -0.25) is 20.0 Å². The van der Waals surface area contributed by atoms with Crippen molar-refractivity contribution in [2.75, 3.05) is 7.11 Å². The van der Waals surface area contributed by atoms with Crippen molar-refractivity contribution in [3.63, 3.8) is 0 Å². The van der Waals surface area contributed by atoms with Gasteiger partial charge in [-0.25, -0.2) is 4.98 Å². The predicted molar refractivity (Wildman–Crippen MR) is 116 cm³/mol. The molecule has 0 atom stereocenters. The number of hydrogen-bond acceptors (Lipinski definition) is 8. The first-order chi connectivity index (χ1) is 15.0. The fourth-order valence-corrected chi connectivity index (χ4v) is 3.66. The summed E-state index contributed by atoms with van der Waals surface area (Å²) >= 11 is 1.32. The second kappa shape index (κ2) is 8.32. The van der Waals surface area contributed by atoms with Gasteiger partial charge in [0.2, 0.25) is 5.13 Å². The summed E-state index contributed by atoms with van der Waals surface area (Å²) in [7, 11) is 1.37. The lowest BCUT2D eigenvalue weighted by atomic mass is 10.2. The quantitative estimate of drug-likeness (QED) is 0.260. The van der Waals surface area contributed by atoms with Gasteiger partial charge in [0.1, 0.15) is 5.69 Å². The molecule has 0 unspecified atom stereocenters. The van der Waals surface area contributed by atoms with Crippen LogP contribution in [0.25, 0.3) is 16.4 Å². The van der Waals surface area contributed by atoms with Gasteiger partial charge < -0.3 is 4.74 Å². The van der Waals surface area contributed by atoms with Crippen LogP contribution in [0.1, 0.15) is 5.69 Å². The lowest BCUT2D eigenvalue weighted by Gasteiger charge is -2.02. The van der Waals surface area contributed by atoms with Crippen LogP contribution in [0.4, 0.5) is 17.1 Å². The molecule has 2 heterocycles. The van der Waals surface area contributed by atoms with Crippen molar-refractivity contribution in [2.24, 2.45) is 10.2 Å². The van der Waals surface area contributed by atoms with Gasteiger partial charge in [0.25, 0.3) is 5.69 Å². The standard InChI is InChI=1S/C20H16N6O4S/c1-12-18(23-22-15-9-8-14(26(28)29)10-17(15)30-2)19(27)25(24-12)20-21-16(11-31-20)13-6-4-3-5-7-13/h3-11,24H,1-2H3. The summed E-state index contributed by atoms with van der Waals surface area (Å²) in [6.45, 7) is 1.70. The maximum Gasteiger partial charge on any atom is 0.301 e. The number of nitrogens with zero attached hydrogens (tertiary/aromatic N) is 5. The Morgan fingerprint density at radius 2 is 1.97 bits per heavy atom. The van der Waals surface area contributed by atoms with Crippen LogP contribution in [0, 0.1) is 17.0 Å². The number of nitrogens with one attached hydrogen (secondary N) is 1. The predicted octanol–water partition coefficient (Wildman–Crippen LogP) is 4.93. The van der Waals surface area contributed by atoms with E-state index in [0.29, 0.717) is 10.8 Å². The molecule has 0 amide bonds. The summed E-state index contributed by atoms with van der Waals surface area (Å²) in [5, 5.41) is 24.3. The number of aromatic nitrogens is 3. The maximum atomic E-state index is 12.9. The van der Waals surface area contributed by atoms with Crippen LogP contribution in [0.2, 0.25) is 0 Å². The molecular weight excluding hydrogens is 420 g/mol. The van der Waals surface area contributed by atoms with E-state index in [4.69, 9.17) is 4.74 Å². The normalized spacial score (nSPS) is 11.2. The van der Waals surface area contributed by atoms with Crippen molar-refractivity contribution >= 4 is 28.4 Å². The number of azo groups is 1. The first kappa shape index (κ1) is 20.2. The number of nitro groups is 1. The van der Waals surface area contributed by atoms with Crippen LogP contribution in [0.5, 0.6) is 5.75 Å². The SMILES string of the molecule is COc1cc([N+](=O)[O-])ccc1N=Nc1c(C)[nH]n(-c2nc(-c3ccccc3)cs2)c1=O. The second-order valence-corrected chi connectivity index (χ2v) is 7.26. The highest BCUT2D eigenvalue weighted by Gasteiger charge is 2.16. The first-order valence-electron chi connectivity index (χ1n) is 9.05. The third kappa shape index (κ3) is 3.98. The van der Waals surface area contributed by atoms with Crippen molar-refractivity contribution in [3.8, 4) is 22.1 Å². The Kier molecular flexibility index (Phi) is 5.41. The molecule has 11 heteroatoms. The van der Waals surface area contributed by atoms with E-state index in [2.05, 4.69) is 20.3 Å². The fraction of sp³-hybridized carbons (Fsp3) is 0.100. The van der Waals surface area contributed by atoms with E-state index in [1.54, 1.807) is 6.92 Å². The first-order valence-corrected chi connectivity index (χ1v) is 9.93. The second-order valence-electron chi connectivity index (χ2n) is 6.42. The Bertz CT molecular complexity index is 1340. The number of aromatic amines is 1. The molecule has 10 nitrogen and oxygen atoms in total. The third-order valence-electron chi connectivity index (χ3n) is 4.43.